The Balaban J connectivity index is 1.31. The maximum atomic E-state index is 13.1. The minimum absolute atomic E-state index is 0.109. The van der Waals surface area contributed by atoms with Crippen LogP contribution in [0, 0.1) is 11.3 Å². The van der Waals surface area contributed by atoms with Gasteiger partial charge < -0.3 is 24.3 Å². The molecule has 2 atom stereocenters. The summed E-state index contributed by atoms with van der Waals surface area (Å²) in [6.07, 6.45) is 6.87. The average molecular weight is 535 g/mol. The molecule has 2 aliphatic rings. The monoisotopic (exact) mass is 534 g/mol. The molecule has 2 amide bonds. The Morgan fingerprint density at radius 3 is 2.74 bits per heavy atom. The van der Waals surface area contributed by atoms with E-state index in [1.807, 2.05) is 0 Å². The van der Waals surface area contributed by atoms with Crippen LogP contribution in [0.4, 0.5) is 10.6 Å². The lowest BCUT2D eigenvalue weighted by Gasteiger charge is -2.28. The molecule has 14 heteroatoms. The number of aromatic nitrogens is 6. The van der Waals surface area contributed by atoms with Crippen LogP contribution < -0.4 is 10.2 Å². The Bertz CT molecular complexity index is 1370. The molecule has 204 valence electrons. The summed E-state index contributed by atoms with van der Waals surface area (Å²) in [5.74, 6) is -0.0286. The van der Waals surface area contributed by atoms with Crippen molar-refractivity contribution >= 4 is 17.8 Å². The van der Waals surface area contributed by atoms with Crippen molar-refractivity contribution in [3.05, 3.63) is 36.1 Å². The molecule has 0 saturated carbocycles. The maximum absolute atomic E-state index is 13.1. The van der Waals surface area contributed by atoms with Gasteiger partial charge in [-0.2, -0.15) is 5.26 Å². The van der Waals surface area contributed by atoms with Gasteiger partial charge in [0.15, 0.2) is 0 Å². The number of nitrogens with zero attached hydrogens (tertiary/aromatic N) is 9. The molecule has 2 saturated heterocycles. The van der Waals surface area contributed by atoms with Gasteiger partial charge in [0.25, 0.3) is 5.89 Å². The first-order chi connectivity index (χ1) is 18.7. The topological polar surface area (TPSA) is 168 Å². The van der Waals surface area contributed by atoms with Crippen molar-refractivity contribution in [3.8, 4) is 17.5 Å². The Morgan fingerprint density at radius 2 is 2.05 bits per heavy atom. The van der Waals surface area contributed by atoms with Crippen LogP contribution in [-0.2, 0) is 11.3 Å². The third kappa shape index (κ3) is 5.97. The van der Waals surface area contributed by atoms with E-state index in [2.05, 4.69) is 41.8 Å². The van der Waals surface area contributed by atoms with Crippen LogP contribution in [0.5, 0.6) is 0 Å². The molecule has 0 aliphatic carbocycles. The summed E-state index contributed by atoms with van der Waals surface area (Å²) in [6, 6.07) is 3.07. The van der Waals surface area contributed by atoms with Gasteiger partial charge in [-0.05, 0) is 46.1 Å². The van der Waals surface area contributed by atoms with Crippen molar-refractivity contribution in [1.29, 1.82) is 5.26 Å². The molecule has 0 radical (unpaired) electrons. The first-order valence-electron chi connectivity index (χ1n) is 12.8. The predicted molar refractivity (Wildman–Crippen MR) is 136 cm³/mol. The number of amides is 2. The van der Waals surface area contributed by atoms with Crippen molar-refractivity contribution in [2.75, 3.05) is 24.5 Å². The second-order valence-corrected chi connectivity index (χ2v) is 10.6. The lowest BCUT2D eigenvalue weighted by molar-refractivity contribution is 0.0207. The fourth-order valence-electron chi connectivity index (χ4n) is 4.81. The number of pyridine rings is 1. The van der Waals surface area contributed by atoms with Gasteiger partial charge >= 0.3 is 17.9 Å². The molecular formula is C25H30N10O4. The van der Waals surface area contributed by atoms with Crippen LogP contribution in [-0.4, -0.2) is 84.4 Å². The molecule has 0 aromatic carbocycles. The number of rotatable bonds is 6. The first kappa shape index (κ1) is 26.1. The van der Waals surface area contributed by atoms with Crippen molar-refractivity contribution in [2.45, 2.75) is 64.3 Å². The molecule has 0 spiro atoms. The van der Waals surface area contributed by atoms with E-state index in [9.17, 15) is 14.9 Å². The number of nitriles is 1. The molecule has 5 rings (SSSR count). The van der Waals surface area contributed by atoms with Crippen molar-refractivity contribution < 1.29 is 18.7 Å². The van der Waals surface area contributed by atoms with E-state index in [1.165, 1.54) is 6.20 Å². The highest BCUT2D eigenvalue weighted by Gasteiger charge is 2.39. The Hall–Kier alpha value is -4.54. The van der Waals surface area contributed by atoms with Gasteiger partial charge in [0, 0.05) is 38.1 Å². The first-order valence-corrected chi connectivity index (χ1v) is 12.8. The predicted octanol–water partition coefficient (Wildman–Crippen LogP) is 2.00. The molecule has 3 aromatic heterocycles. The molecule has 1 N–H and O–H groups in total. The lowest BCUT2D eigenvalue weighted by atomic mass is 10.1. The summed E-state index contributed by atoms with van der Waals surface area (Å²) in [5, 5.41) is 28.1. The average Bonchev–Trinajstić information content (AvgIpc) is 3.71. The van der Waals surface area contributed by atoms with Crippen LogP contribution >= 0.6 is 0 Å². The Kier molecular flexibility index (Phi) is 7.14. The number of likely N-dealkylation sites (tertiary alicyclic amines) is 1. The maximum Gasteiger partial charge on any atom is 0.410 e. The fraction of sp³-hybridized carbons (Fsp3) is 0.520. The number of anilines is 1. The van der Waals surface area contributed by atoms with Crippen LogP contribution in [0.25, 0.3) is 11.5 Å². The zero-order valence-electron chi connectivity index (χ0n) is 22.1. The minimum Gasteiger partial charge on any atom is -0.444 e. The summed E-state index contributed by atoms with van der Waals surface area (Å²) >= 11 is 0. The molecule has 14 nitrogen and oxygen atoms in total. The van der Waals surface area contributed by atoms with E-state index in [0.717, 1.165) is 25.9 Å². The van der Waals surface area contributed by atoms with E-state index in [-0.39, 0.29) is 30.4 Å². The van der Waals surface area contributed by atoms with Gasteiger partial charge in [-0.15, -0.1) is 15.3 Å². The minimum atomic E-state index is -0.665. The Morgan fingerprint density at radius 1 is 1.26 bits per heavy atom. The van der Waals surface area contributed by atoms with Gasteiger partial charge in [-0.3, -0.25) is 9.48 Å². The number of ether oxygens (including phenoxy) is 1. The molecule has 2 aliphatic heterocycles. The second-order valence-electron chi connectivity index (χ2n) is 10.6. The standard InChI is InChI=1S/C25H30N10O4/c1-25(2,3)39-24(37)35-14-17(11-18(35)15-34-9-6-28-32-34)29-21(36)23-31-30-22(38-23)19-10-16(12-26)13-27-20(19)33-7-4-5-8-33/h6,9-10,13,17-18H,4-5,7-8,11,14-15H2,1-3H3,(H,29,36). The number of hydrogen-bond acceptors (Lipinski definition) is 11. The summed E-state index contributed by atoms with van der Waals surface area (Å²) in [7, 11) is 0. The molecule has 39 heavy (non-hydrogen) atoms. The van der Waals surface area contributed by atoms with E-state index >= 15 is 0 Å². The van der Waals surface area contributed by atoms with Crippen molar-refractivity contribution in [1.82, 2.24) is 40.4 Å². The van der Waals surface area contributed by atoms with E-state index in [4.69, 9.17) is 9.15 Å². The van der Waals surface area contributed by atoms with Crippen molar-refractivity contribution in [2.24, 2.45) is 0 Å². The van der Waals surface area contributed by atoms with Crippen LogP contribution in [0.2, 0.25) is 0 Å². The van der Waals surface area contributed by atoms with Crippen LogP contribution in [0.15, 0.2) is 29.1 Å². The summed E-state index contributed by atoms with van der Waals surface area (Å²) in [6.45, 7) is 7.72. The molecule has 3 aromatic rings. The number of carbonyl (C=O) groups is 2. The molecule has 5 heterocycles. The largest absolute Gasteiger partial charge is 0.444 e. The summed E-state index contributed by atoms with van der Waals surface area (Å²) in [5.41, 5.74) is 0.193. The summed E-state index contributed by atoms with van der Waals surface area (Å²) in [4.78, 5) is 34.2. The van der Waals surface area contributed by atoms with Crippen LogP contribution in [0.1, 0.15) is 56.3 Å². The number of carbonyl (C=O) groups excluding carboxylic acids is 2. The van der Waals surface area contributed by atoms with Gasteiger partial charge in [-0.1, -0.05) is 5.21 Å². The van der Waals surface area contributed by atoms with Gasteiger partial charge in [0.2, 0.25) is 0 Å². The van der Waals surface area contributed by atoms with Crippen LogP contribution in [0.3, 0.4) is 0 Å². The van der Waals surface area contributed by atoms with Gasteiger partial charge in [0.1, 0.15) is 17.5 Å². The lowest BCUT2D eigenvalue weighted by Crippen LogP contribution is -2.43. The molecule has 2 fully saturated rings. The fourth-order valence-corrected chi connectivity index (χ4v) is 4.81. The van der Waals surface area contributed by atoms with Gasteiger partial charge in [0.05, 0.1) is 29.9 Å². The normalized spacial score (nSPS) is 19.2. The third-order valence-corrected chi connectivity index (χ3v) is 6.50. The SMILES string of the molecule is CC(C)(C)OC(=O)N1CC(NC(=O)c2nnc(-c3cc(C#N)cnc3N3CCCC3)o2)CC1Cn1ccnn1. The van der Waals surface area contributed by atoms with E-state index in [0.29, 0.717) is 29.9 Å². The molecular weight excluding hydrogens is 504 g/mol. The summed E-state index contributed by atoms with van der Waals surface area (Å²) < 4.78 is 13.0. The Labute approximate surface area is 224 Å². The highest BCUT2D eigenvalue weighted by molar-refractivity contribution is 5.90. The van der Waals surface area contributed by atoms with Gasteiger partial charge in [-0.25, -0.2) is 9.78 Å². The zero-order chi connectivity index (χ0) is 27.6. The zero-order valence-corrected chi connectivity index (χ0v) is 22.1. The third-order valence-electron chi connectivity index (χ3n) is 6.50. The van der Waals surface area contributed by atoms with Crippen molar-refractivity contribution in [3.63, 3.8) is 0 Å². The smallest absolute Gasteiger partial charge is 0.410 e. The highest BCUT2D eigenvalue weighted by Crippen LogP contribution is 2.31. The highest BCUT2D eigenvalue weighted by atomic mass is 16.6. The quantitative estimate of drug-likeness (QED) is 0.491. The van der Waals surface area contributed by atoms with E-state index in [1.54, 1.807) is 48.8 Å². The van der Waals surface area contributed by atoms with E-state index < -0.39 is 17.6 Å². The molecule has 0 bridgehead atoms. The molecule has 2 unspecified atom stereocenters. The second kappa shape index (κ2) is 10.7. The number of nitrogens with one attached hydrogen (secondary N) is 1. The number of hydrogen-bond donors (Lipinski definition) is 1.